The Balaban J connectivity index is 1.69. The van der Waals surface area contributed by atoms with Crippen LogP contribution in [0.2, 0.25) is 0 Å². The van der Waals surface area contributed by atoms with Crippen molar-refractivity contribution in [2.24, 2.45) is 5.41 Å². The standard InChI is InChI=1S/C17H24N2O/c1-17(2,3)12-19-10-8-13(9-11-19)16-14-6-4-5-7-15(14)20-18-16/h4-7,13H,8-12H2,1-3H3. The summed E-state index contributed by atoms with van der Waals surface area (Å²) in [5, 5.41) is 5.52. The second-order valence-corrected chi connectivity index (χ2v) is 7.18. The van der Waals surface area contributed by atoms with Gasteiger partial charge in [0.05, 0.1) is 5.69 Å². The summed E-state index contributed by atoms with van der Waals surface area (Å²) in [6, 6.07) is 8.20. The maximum atomic E-state index is 5.45. The first-order valence-corrected chi connectivity index (χ1v) is 7.60. The van der Waals surface area contributed by atoms with E-state index < -0.39 is 0 Å². The molecule has 0 bridgehead atoms. The molecule has 3 heteroatoms. The molecule has 3 nitrogen and oxygen atoms in total. The first-order valence-electron chi connectivity index (χ1n) is 7.60. The Labute approximate surface area is 120 Å². The van der Waals surface area contributed by atoms with Crippen LogP contribution in [0.1, 0.15) is 45.2 Å². The Morgan fingerprint density at radius 3 is 2.60 bits per heavy atom. The van der Waals surface area contributed by atoms with Crippen LogP contribution < -0.4 is 0 Å². The largest absolute Gasteiger partial charge is 0.356 e. The fraction of sp³-hybridized carbons (Fsp3) is 0.588. The van der Waals surface area contributed by atoms with Gasteiger partial charge in [-0.25, -0.2) is 0 Å². The molecular weight excluding hydrogens is 248 g/mol. The van der Waals surface area contributed by atoms with E-state index in [1.165, 1.54) is 37.9 Å². The summed E-state index contributed by atoms with van der Waals surface area (Å²) >= 11 is 0. The third kappa shape index (κ3) is 2.88. The van der Waals surface area contributed by atoms with Crippen LogP contribution >= 0.6 is 0 Å². The third-order valence-corrected chi connectivity index (χ3v) is 4.08. The first kappa shape index (κ1) is 13.6. The highest BCUT2D eigenvalue weighted by Crippen LogP contribution is 2.33. The molecule has 0 radical (unpaired) electrons. The van der Waals surface area contributed by atoms with E-state index in [0.717, 1.165) is 11.3 Å². The molecule has 0 spiro atoms. The molecule has 0 aliphatic carbocycles. The topological polar surface area (TPSA) is 29.3 Å². The van der Waals surface area contributed by atoms with Crippen LogP contribution in [0.15, 0.2) is 28.8 Å². The van der Waals surface area contributed by atoms with E-state index in [9.17, 15) is 0 Å². The van der Waals surface area contributed by atoms with E-state index in [-0.39, 0.29) is 0 Å². The van der Waals surface area contributed by atoms with Crippen molar-refractivity contribution < 1.29 is 4.52 Å². The summed E-state index contributed by atoms with van der Waals surface area (Å²) in [5.74, 6) is 0.551. The second kappa shape index (κ2) is 5.21. The van der Waals surface area contributed by atoms with Crippen molar-refractivity contribution in [2.75, 3.05) is 19.6 Å². The molecule has 108 valence electrons. The van der Waals surface area contributed by atoms with Crippen molar-refractivity contribution in [1.29, 1.82) is 0 Å². The maximum Gasteiger partial charge on any atom is 0.167 e. The fourth-order valence-electron chi connectivity index (χ4n) is 3.24. The Morgan fingerprint density at radius 2 is 1.90 bits per heavy atom. The molecule has 3 rings (SSSR count). The summed E-state index contributed by atoms with van der Waals surface area (Å²) in [7, 11) is 0. The molecule has 2 aromatic rings. The van der Waals surface area contributed by atoms with Gasteiger partial charge in [0.1, 0.15) is 0 Å². The molecule has 1 aromatic heterocycles. The van der Waals surface area contributed by atoms with Crippen LogP contribution in [0.3, 0.4) is 0 Å². The van der Waals surface area contributed by atoms with Gasteiger partial charge in [0, 0.05) is 17.8 Å². The van der Waals surface area contributed by atoms with Crippen molar-refractivity contribution in [3.63, 3.8) is 0 Å². The minimum absolute atomic E-state index is 0.382. The Morgan fingerprint density at radius 1 is 1.20 bits per heavy atom. The van der Waals surface area contributed by atoms with Crippen molar-refractivity contribution in [2.45, 2.75) is 39.5 Å². The fourth-order valence-corrected chi connectivity index (χ4v) is 3.24. The number of fused-ring (bicyclic) bond motifs is 1. The molecule has 20 heavy (non-hydrogen) atoms. The number of likely N-dealkylation sites (tertiary alicyclic amines) is 1. The zero-order chi connectivity index (χ0) is 14.2. The van der Waals surface area contributed by atoms with Gasteiger partial charge in [-0.05, 0) is 43.5 Å². The Bertz CT molecular complexity index is 574. The minimum Gasteiger partial charge on any atom is -0.356 e. The van der Waals surface area contributed by atoms with Gasteiger partial charge in [-0.15, -0.1) is 0 Å². The molecule has 1 saturated heterocycles. The molecule has 0 unspecified atom stereocenters. The van der Waals surface area contributed by atoms with E-state index >= 15 is 0 Å². The highest BCUT2D eigenvalue weighted by atomic mass is 16.5. The highest BCUT2D eigenvalue weighted by Gasteiger charge is 2.26. The number of rotatable bonds is 2. The lowest BCUT2D eigenvalue weighted by Gasteiger charge is -2.35. The number of piperidine rings is 1. The van der Waals surface area contributed by atoms with Crippen molar-refractivity contribution in [3.8, 4) is 0 Å². The zero-order valence-electron chi connectivity index (χ0n) is 12.7. The predicted molar refractivity (Wildman–Crippen MR) is 81.9 cm³/mol. The summed E-state index contributed by atoms with van der Waals surface area (Å²) in [6.07, 6.45) is 2.37. The third-order valence-electron chi connectivity index (χ3n) is 4.08. The lowest BCUT2D eigenvalue weighted by atomic mass is 9.89. The SMILES string of the molecule is CC(C)(C)CN1CCC(c2noc3ccccc23)CC1. The van der Waals surface area contributed by atoms with Crippen LogP contribution in [0, 0.1) is 5.41 Å². The van der Waals surface area contributed by atoms with E-state index in [2.05, 4.69) is 43.0 Å². The van der Waals surface area contributed by atoms with Crippen LogP contribution in [0.5, 0.6) is 0 Å². The van der Waals surface area contributed by atoms with Gasteiger partial charge in [-0.1, -0.05) is 38.1 Å². The number of hydrogen-bond donors (Lipinski definition) is 0. The Kier molecular flexibility index (Phi) is 3.55. The predicted octanol–water partition coefficient (Wildman–Crippen LogP) is 4.05. The minimum atomic E-state index is 0.382. The molecule has 0 N–H and O–H groups in total. The molecule has 0 amide bonds. The lowest BCUT2D eigenvalue weighted by molar-refractivity contribution is 0.152. The summed E-state index contributed by atoms with van der Waals surface area (Å²) in [6.45, 7) is 10.4. The van der Waals surface area contributed by atoms with E-state index in [1.54, 1.807) is 0 Å². The maximum absolute atomic E-state index is 5.45. The summed E-state index contributed by atoms with van der Waals surface area (Å²) in [4.78, 5) is 2.58. The number of aromatic nitrogens is 1. The van der Waals surface area contributed by atoms with Gasteiger partial charge in [0.25, 0.3) is 0 Å². The van der Waals surface area contributed by atoms with Gasteiger partial charge in [-0.2, -0.15) is 0 Å². The van der Waals surface area contributed by atoms with E-state index in [1.807, 2.05) is 12.1 Å². The molecule has 1 fully saturated rings. The second-order valence-electron chi connectivity index (χ2n) is 7.18. The summed E-state index contributed by atoms with van der Waals surface area (Å²) in [5.41, 5.74) is 2.46. The van der Waals surface area contributed by atoms with Crippen molar-refractivity contribution in [1.82, 2.24) is 10.1 Å². The quantitative estimate of drug-likeness (QED) is 0.826. The first-order chi connectivity index (χ1) is 9.53. The zero-order valence-corrected chi connectivity index (χ0v) is 12.7. The average molecular weight is 272 g/mol. The summed E-state index contributed by atoms with van der Waals surface area (Å²) < 4.78 is 5.45. The van der Waals surface area contributed by atoms with Gasteiger partial charge in [0.15, 0.2) is 5.58 Å². The number of nitrogens with zero attached hydrogens (tertiary/aromatic N) is 2. The van der Waals surface area contributed by atoms with Gasteiger partial charge >= 0.3 is 0 Å². The molecule has 1 aromatic carbocycles. The smallest absolute Gasteiger partial charge is 0.167 e. The molecule has 0 atom stereocenters. The molecular formula is C17H24N2O. The van der Waals surface area contributed by atoms with Gasteiger partial charge < -0.3 is 9.42 Å². The molecule has 1 aliphatic rings. The van der Waals surface area contributed by atoms with Crippen molar-refractivity contribution >= 4 is 11.0 Å². The average Bonchev–Trinajstić information content (AvgIpc) is 2.82. The lowest BCUT2D eigenvalue weighted by Crippen LogP contribution is -2.38. The van der Waals surface area contributed by atoms with Crippen LogP contribution in [-0.2, 0) is 0 Å². The van der Waals surface area contributed by atoms with Gasteiger partial charge in [0.2, 0.25) is 0 Å². The number of para-hydroxylation sites is 1. The van der Waals surface area contributed by atoms with Crippen LogP contribution in [0.25, 0.3) is 11.0 Å². The molecule has 2 heterocycles. The van der Waals surface area contributed by atoms with Gasteiger partial charge in [-0.3, -0.25) is 0 Å². The number of hydrogen-bond acceptors (Lipinski definition) is 3. The van der Waals surface area contributed by atoms with Crippen LogP contribution in [-0.4, -0.2) is 29.7 Å². The van der Waals surface area contributed by atoms with Crippen molar-refractivity contribution in [3.05, 3.63) is 30.0 Å². The normalized spacial score (nSPS) is 18.8. The van der Waals surface area contributed by atoms with Crippen LogP contribution in [0.4, 0.5) is 0 Å². The number of benzene rings is 1. The molecule has 0 saturated carbocycles. The van der Waals surface area contributed by atoms with E-state index in [4.69, 9.17) is 4.52 Å². The molecule has 1 aliphatic heterocycles. The van der Waals surface area contributed by atoms with E-state index in [0.29, 0.717) is 11.3 Å². The monoisotopic (exact) mass is 272 g/mol. The Hall–Kier alpha value is -1.35. The highest BCUT2D eigenvalue weighted by molar-refractivity contribution is 5.79.